The highest BCUT2D eigenvalue weighted by Gasteiger charge is 2.30. The van der Waals surface area contributed by atoms with Crippen LogP contribution in [0.3, 0.4) is 0 Å². The number of methoxy groups -OCH3 is 1. The van der Waals surface area contributed by atoms with E-state index in [1.165, 1.54) is 45.2 Å². The number of nitrogens with zero attached hydrogens (tertiary/aromatic N) is 2. The van der Waals surface area contributed by atoms with Gasteiger partial charge >= 0.3 is 0 Å². The van der Waals surface area contributed by atoms with Gasteiger partial charge < -0.3 is 19.9 Å². The number of rotatable bonds is 7. The average Bonchev–Trinajstić information content (AvgIpc) is 2.83. The molecule has 1 fully saturated rings. The number of nitrogens with one attached hydrogen (secondary N) is 2. The first-order valence-corrected chi connectivity index (χ1v) is 12.2. The lowest BCUT2D eigenvalue weighted by Crippen LogP contribution is -2.55. The van der Waals surface area contributed by atoms with Crippen LogP contribution < -0.4 is 14.8 Å². The number of benzene rings is 2. The summed E-state index contributed by atoms with van der Waals surface area (Å²) in [6.07, 6.45) is 0. The fourth-order valence-electron chi connectivity index (χ4n) is 3.61. The Morgan fingerprint density at radius 1 is 0.971 bits per heavy atom. The SMILES string of the molecule is COc1cccc(C(=O)N2CCN(C(=O)[C@H](C)NS(=O)(=O)c3ccc(NC(C)=O)cc3)CC2)c1. The molecular formula is C23H28N4O6S. The Morgan fingerprint density at radius 3 is 2.18 bits per heavy atom. The number of sulfonamides is 1. The third kappa shape index (κ3) is 6.12. The van der Waals surface area contributed by atoms with E-state index in [9.17, 15) is 22.8 Å². The van der Waals surface area contributed by atoms with Crippen LogP contribution in [-0.2, 0) is 19.6 Å². The summed E-state index contributed by atoms with van der Waals surface area (Å²) in [5, 5.41) is 2.56. The van der Waals surface area contributed by atoms with Crippen molar-refractivity contribution in [1.29, 1.82) is 0 Å². The van der Waals surface area contributed by atoms with Crippen molar-refractivity contribution < 1.29 is 27.5 Å². The van der Waals surface area contributed by atoms with E-state index in [-0.39, 0.29) is 22.6 Å². The highest BCUT2D eigenvalue weighted by atomic mass is 32.2. The lowest BCUT2D eigenvalue weighted by Gasteiger charge is -2.36. The van der Waals surface area contributed by atoms with Crippen LogP contribution in [0, 0.1) is 0 Å². The first kappa shape index (κ1) is 25.2. The molecule has 11 heteroatoms. The Balaban J connectivity index is 1.57. The molecule has 34 heavy (non-hydrogen) atoms. The molecule has 0 saturated carbocycles. The first-order chi connectivity index (χ1) is 16.1. The molecule has 0 unspecified atom stereocenters. The molecular weight excluding hydrogens is 460 g/mol. The van der Waals surface area contributed by atoms with Gasteiger partial charge in [0.15, 0.2) is 0 Å². The monoisotopic (exact) mass is 488 g/mol. The van der Waals surface area contributed by atoms with E-state index in [0.29, 0.717) is 43.2 Å². The Hall–Kier alpha value is -3.44. The molecule has 10 nitrogen and oxygen atoms in total. The molecule has 1 atom stereocenters. The Morgan fingerprint density at radius 2 is 1.59 bits per heavy atom. The van der Waals surface area contributed by atoms with Gasteiger partial charge in [0, 0.05) is 44.4 Å². The van der Waals surface area contributed by atoms with Crippen LogP contribution in [0.1, 0.15) is 24.2 Å². The maximum absolute atomic E-state index is 12.8. The largest absolute Gasteiger partial charge is 0.497 e. The van der Waals surface area contributed by atoms with Crippen molar-refractivity contribution in [2.75, 3.05) is 38.6 Å². The van der Waals surface area contributed by atoms with Gasteiger partial charge in [0.25, 0.3) is 5.91 Å². The molecule has 3 rings (SSSR count). The third-order valence-electron chi connectivity index (χ3n) is 5.38. The number of hydrogen-bond acceptors (Lipinski definition) is 6. The number of piperazine rings is 1. The fraction of sp³-hybridized carbons (Fsp3) is 0.348. The third-order valence-corrected chi connectivity index (χ3v) is 6.94. The molecule has 0 aromatic heterocycles. The topological polar surface area (TPSA) is 125 Å². The maximum Gasteiger partial charge on any atom is 0.254 e. The highest BCUT2D eigenvalue weighted by molar-refractivity contribution is 7.89. The van der Waals surface area contributed by atoms with E-state index >= 15 is 0 Å². The number of amides is 3. The summed E-state index contributed by atoms with van der Waals surface area (Å²) >= 11 is 0. The van der Waals surface area contributed by atoms with E-state index in [1.54, 1.807) is 34.1 Å². The van der Waals surface area contributed by atoms with Gasteiger partial charge in [-0.1, -0.05) is 6.07 Å². The van der Waals surface area contributed by atoms with Crippen LogP contribution in [-0.4, -0.2) is 75.3 Å². The normalized spacial score (nSPS) is 14.9. The molecule has 1 saturated heterocycles. The molecule has 182 valence electrons. The first-order valence-electron chi connectivity index (χ1n) is 10.7. The van der Waals surface area contributed by atoms with E-state index in [2.05, 4.69) is 10.0 Å². The number of carbonyl (C=O) groups is 3. The number of anilines is 1. The van der Waals surface area contributed by atoms with Crippen molar-refractivity contribution >= 4 is 33.4 Å². The molecule has 0 radical (unpaired) electrons. The summed E-state index contributed by atoms with van der Waals surface area (Å²) in [5.41, 5.74) is 0.974. The molecule has 2 aromatic rings. The zero-order chi connectivity index (χ0) is 24.9. The summed E-state index contributed by atoms with van der Waals surface area (Å²) in [6, 6.07) is 11.5. The lowest BCUT2D eigenvalue weighted by atomic mass is 10.1. The van der Waals surface area contributed by atoms with Crippen molar-refractivity contribution in [3.8, 4) is 5.75 Å². The average molecular weight is 489 g/mol. The zero-order valence-electron chi connectivity index (χ0n) is 19.3. The van der Waals surface area contributed by atoms with E-state index in [4.69, 9.17) is 4.74 Å². The lowest BCUT2D eigenvalue weighted by molar-refractivity contribution is -0.134. The van der Waals surface area contributed by atoms with Gasteiger partial charge in [-0.15, -0.1) is 0 Å². The minimum Gasteiger partial charge on any atom is -0.497 e. The molecule has 2 aromatic carbocycles. The molecule has 3 amide bonds. The second-order valence-electron chi connectivity index (χ2n) is 7.90. The summed E-state index contributed by atoms with van der Waals surface area (Å²) in [5.74, 6) is -0.196. The molecule has 0 bridgehead atoms. The van der Waals surface area contributed by atoms with Gasteiger partial charge in [-0.05, 0) is 49.4 Å². The number of ether oxygens (including phenoxy) is 1. The minimum absolute atomic E-state index is 0.0186. The Labute approximate surface area is 198 Å². The van der Waals surface area contributed by atoms with Crippen molar-refractivity contribution in [1.82, 2.24) is 14.5 Å². The van der Waals surface area contributed by atoms with Crippen LogP contribution in [0.4, 0.5) is 5.69 Å². The van der Waals surface area contributed by atoms with Crippen molar-refractivity contribution in [2.45, 2.75) is 24.8 Å². The molecule has 1 aliphatic rings. The van der Waals surface area contributed by atoms with Crippen LogP contribution >= 0.6 is 0 Å². The summed E-state index contributed by atoms with van der Waals surface area (Å²) < 4.78 is 32.9. The second-order valence-corrected chi connectivity index (χ2v) is 9.61. The maximum atomic E-state index is 12.8. The Kier molecular flexibility index (Phi) is 7.90. The van der Waals surface area contributed by atoms with E-state index in [1.807, 2.05) is 0 Å². The smallest absolute Gasteiger partial charge is 0.254 e. The Bertz CT molecular complexity index is 1160. The van der Waals surface area contributed by atoms with Crippen molar-refractivity contribution in [3.05, 3.63) is 54.1 Å². The molecule has 0 spiro atoms. The van der Waals surface area contributed by atoms with Gasteiger partial charge in [-0.25, -0.2) is 8.42 Å². The van der Waals surface area contributed by atoms with Crippen molar-refractivity contribution in [2.24, 2.45) is 0 Å². The van der Waals surface area contributed by atoms with Crippen LogP contribution in [0.5, 0.6) is 5.75 Å². The quantitative estimate of drug-likeness (QED) is 0.605. The summed E-state index contributed by atoms with van der Waals surface area (Å²) in [6.45, 7) is 4.11. The minimum atomic E-state index is -3.94. The molecule has 2 N–H and O–H groups in total. The fourth-order valence-corrected chi connectivity index (χ4v) is 4.81. The van der Waals surface area contributed by atoms with Gasteiger partial charge in [0.1, 0.15) is 5.75 Å². The van der Waals surface area contributed by atoms with Crippen molar-refractivity contribution in [3.63, 3.8) is 0 Å². The summed E-state index contributed by atoms with van der Waals surface area (Å²) in [4.78, 5) is 39.9. The summed E-state index contributed by atoms with van der Waals surface area (Å²) in [7, 11) is -2.41. The number of carbonyl (C=O) groups excluding carboxylic acids is 3. The van der Waals surface area contributed by atoms with E-state index in [0.717, 1.165) is 0 Å². The van der Waals surface area contributed by atoms with Gasteiger partial charge in [-0.3, -0.25) is 14.4 Å². The highest BCUT2D eigenvalue weighted by Crippen LogP contribution is 2.17. The van der Waals surface area contributed by atoms with E-state index < -0.39 is 16.1 Å². The molecule has 1 heterocycles. The van der Waals surface area contributed by atoms with Gasteiger partial charge in [0.05, 0.1) is 18.0 Å². The predicted molar refractivity (Wildman–Crippen MR) is 126 cm³/mol. The van der Waals surface area contributed by atoms with Crippen LogP contribution in [0.15, 0.2) is 53.4 Å². The van der Waals surface area contributed by atoms with Gasteiger partial charge in [-0.2, -0.15) is 4.72 Å². The predicted octanol–water partition coefficient (Wildman–Crippen LogP) is 1.30. The zero-order valence-corrected chi connectivity index (χ0v) is 20.1. The molecule has 1 aliphatic heterocycles. The molecule has 0 aliphatic carbocycles. The van der Waals surface area contributed by atoms with Gasteiger partial charge in [0.2, 0.25) is 21.8 Å². The van der Waals surface area contributed by atoms with Crippen LogP contribution in [0.25, 0.3) is 0 Å². The van der Waals surface area contributed by atoms with Crippen LogP contribution in [0.2, 0.25) is 0 Å². The standard InChI is InChI=1S/C23H28N4O6S/c1-16(25-34(31,32)21-9-7-19(8-10-21)24-17(2)28)22(29)26-11-13-27(14-12-26)23(30)18-5-4-6-20(15-18)33-3/h4-10,15-16,25H,11-14H2,1-3H3,(H,24,28)/t16-/m0/s1. The number of hydrogen-bond donors (Lipinski definition) is 2. The second kappa shape index (κ2) is 10.7.